The van der Waals surface area contributed by atoms with Gasteiger partial charge in [-0.2, -0.15) is 9.78 Å². The van der Waals surface area contributed by atoms with Crippen molar-refractivity contribution in [1.82, 2.24) is 9.78 Å². The Hall–Kier alpha value is -2.95. The van der Waals surface area contributed by atoms with Crippen molar-refractivity contribution < 1.29 is 14.3 Å². The fourth-order valence-electron chi connectivity index (χ4n) is 2.64. The van der Waals surface area contributed by atoms with E-state index in [1.165, 1.54) is 11.6 Å². The van der Waals surface area contributed by atoms with E-state index in [1.807, 2.05) is 44.2 Å². The lowest BCUT2D eigenvalue weighted by molar-refractivity contribution is -0.00360. The fraction of sp³-hybridized carbons (Fsp3) is 0.211. The number of nitrogens with zero attached hydrogens (tertiary/aromatic N) is 2. The summed E-state index contributed by atoms with van der Waals surface area (Å²) in [4.78, 5) is 24.4. The fourth-order valence-corrected chi connectivity index (χ4v) is 2.64. The van der Waals surface area contributed by atoms with Gasteiger partial charge >= 0.3 is 5.97 Å². The van der Waals surface area contributed by atoms with Crippen LogP contribution in [0.5, 0.6) is 0 Å². The van der Waals surface area contributed by atoms with Crippen LogP contribution in [0.3, 0.4) is 0 Å². The van der Waals surface area contributed by atoms with E-state index >= 15 is 0 Å². The highest BCUT2D eigenvalue weighted by atomic mass is 16.6. The van der Waals surface area contributed by atoms with Gasteiger partial charge in [-0.3, -0.25) is 4.79 Å². The third-order valence-corrected chi connectivity index (χ3v) is 3.90. The molecule has 0 atom stereocenters. The molecule has 122 valence electrons. The normalized spacial score (nSPS) is 11.5. The van der Waals surface area contributed by atoms with Crippen LogP contribution in [-0.2, 0) is 10.3 Å². The van der Waals surface area contributed by atoms with Crippen molar-refractivity contribution in [3.8, 4) is 0 Å². The Labute approximate surface area is 139 Å². The van der Waals surface area contributed by atoms with E-state index in [0.717, 1.165) is 5.56 Å². The molecule has 5 heteroatoms. The van der Waals surface area contributed by atoms with E-state index in [9.17, 15) is 9.59 Å². The van der Waals surface area contributed by atoms with Crippen LogP contribution in [0, 0.1) is 0 Å². The van der Waals surface area contributed by atoms with Crippen molar-refractivity contribution >= 4 is 22.8 Å². The second-order valence-corrected chi connectivity index (χ2v) is 6.06. The van der Waals surface area contributed by atoms with E-state index in [0.29, 0.717) is 10.9 Å². The summed E-state index contributed by atoms with van der Waals surface area (Å²) in [7, 11) is 0. The molecule has 0 aliphatic heterocycles. The number of aromatic nitrogens is 2. The highest BCUT2D eigenvalue weighted by molar-refractivity contribution is 6.04. The topological polar surface area (TPSA) is 61.2 Å². The number of ether oxygens (including phenoxy) is 1. The minimum absolute atomic E-state index is 0.143. The van der Waals surface area contributed by atoms with Gasteiger partial charge in [0, 0.05) is 12.3 Å². The molecule has 0 fully saturated rings. The average Bonchev–Trinajstić information content (AvgIpc) is 2.95. The molecule has 2 aromatic carbocycles. The van der Waals surface area contributed by atoms with Crippen molar-refractivity contribution in [3.63, 3.8) is 0 Å². The van der Waals surface area contributed by atoms with Crippen molar-refractivity contribution in [2.75, 3.05) is 0 Å². The van der Waals surface area contributed by atoms with Crippen molar-refractivity contribution in [1.29, 1.82) is 0 Å². The summed E-state index contributed by atoms with van der Waals surface area (Å²) >= 11 is 0. The maximum Gasteiger partial charge on any atom is 0.360 e. The van der Waals surface area contributed by atoms with Gasteiger partial charge < -0.3 is 4.74 Å². The Bertz CT molecular complexity index is 911. The maximum absolute atomic E-state index is 12.7. The molecule has 0 N–H and O–H groups in total. The zero-order valence-electron chi connectivity index (χ0n) is 13.8. The number of benzene rings is 2. The quantitative estimate of drug-likeness (QED) is 0.688. The predicted octanol–water partition coefficient (Wildman–Crippen LogP) is 3.79. The van der Waals surface area contributed by atoms with Gasteiger partial charge in [-0.15, -0.1) is 0 Å². The summed E-state index contributed by atoms with van der Waals surface area (Å²) in [6, 6.07) is 16.6. The van der Waals surface area contributed by atoms with Crippen molar-refractivity contribution in [2.45, 2.75) is 26.4 Å². The lowest BCUT2D eigenvalue weighted by Gasteiger charge is -2.25. The molecule has 3 aromatic rings. The second-order valence-electron chi connectivity index (χ2n) is 6.06. The molecule has 0 saturated heterocycles. The third-order valence-electron chi connectivity index (χ3n) is 3.90. The maximum atomic E-state index is 12.7. The van der Waals surface area contributed by atoms with E-state index in [4.69, 9.17) is 4.74 Å². The van der Waals surface area contributed by atoms with E-state index in [-0.39, 0.29) is 11.6 Å². The molecule has 0 aliphatic rings. The molecule has 5 nitrogen and oxygen atoms in total. The molecule has 0 bridgehead atoms. The van der Waals surface area contributed by atoms with Gasteiger partial charge in [-0.1, -0.05) is 48.5 Å². The molecular weight excluding hydrogens is 304 g/mol. The van der Waals surface area contributed by atoms with Crippen molar-refractivity contribution in [3.05, 3.63) is 65.9 Å². The average molecular weight is 322 g/mol. The summed E-state index contributed by atoms with van der Waals surface area (Å²) in [6.07, 6.45) is 0. The van der Waals surface area contributed by atoms with Gasteiger partial charge in [0.25, 0.3) is 0 Å². The number of carbonyl (C=O) groups is 2. The largest absolute Gasteiger partial charge is 0.450 e. The number of para-hydroxylation sites is 1. The Morgan fingerprint density at radius 2 is 1.62 bits per heavy atom. The minimum atomic E-state index is -0.806. The van der Waals surface area contributed by atoms with Gasteiger partial charge in [-0.05, 0) is 25.5 Å². The van der Waals surface area contributed by atoms with Crippen LogP contribution in [0.15, 0.2) is 54.6 Å². The molecule has 1 heterocycles. The Morgan fingerprint density at radius 3 is 2.29 bits per heavy atom. The molecule has 0 aliphatic carbocycles. The Balaban J connectivity index is 1.99. The molecule has 1 aromatic heterocycles. The number of hydrogen-bond acceptors (Lipinski definition) is 4. The number of fused-ring (bicyclic) bond motifs is 1. The molecule has 0 amide bonds. The lowest BCUT2D eigenvalue weighted by Crippen LogP contribution is -2.26. The summed E-state index contributed by atoms with van der Waals surface area (Å²) < 4.78 is 6.91. The van der Waals surface area contributed by atoms with Crippen LogP contribution in [-0.4, -0.2) is 21.7 Å². The number of esters is 1. The van der Waals surface area contributed by atoms with Crippen LogP contribution in [0.2, 0.25) is 0 Å². The first-order chi connectivity index (χ1) is 11.4. The monoisotopic (exact) mass is 322 g/mol. The standard InChI is InChI=1S/C19H18N2O3/c1-13(22)21-16-12-8-7-11-15(16)17(20-21)18(23)24-19(2,3)14-9-5-4-6-10-14/h4-12H,1-3H3. The molecule has 24 heavy (non-hydrogen) atoms. The molecule has 0 radical (unpaired) electrons. The summed E-state index contributed by atoms with van der Waals surface area (Å²) in [5, 5.41) is 4.76. The zero-order valence-corrected chi connectivity index (χ0v) is 13.8. The first-order valence-corrected chi connectivity index (χ1v) is 7.68. The zero-order chi connectivity index (χ0) is 17.3. The van der Waals surface area contributed by atoms with E-state index < -0.39 is 11.6 Å². The van der Waals surface area contributed by atoms with Crippen LogP contribution in [0.25, 0.3) is 10.9 Å². The minimum Gasteiger partial charge on any atom is -0.450 e. The summed E-state index contributed by atoms with van der Waals surface area (Å²) in [6.45, 7) is 5.05. The third kappa shape index (κ3) is 2.80. The highest BCUT2D eigenvalue weighted by Crippen LogP contribution is 2.27. The van der Waals surface area contributed by atoms with Crippen LogP contribution in [0.1, 0.15) is 41.6 Å². The smallest absolute Gasteiger partial charge is 0.360 e. The lowest BCUT2D eigenvalue weighted by atomic mass is 9.98. The van der Waals surface area contributed by atoms with E-state index in [2.05, 4.69) is 5.10 Å². The van der Waals surface area contributed by atoms with Gasteiger partial charge in [0.1, 0.15) is 5.60 Å². The summed E-state index contributed by atoms with van der Waals surface area (Å²) in [5.74, 6) is -0.812. The number of rotatable bonds is 3. The SMILES string of the molecule is CC(=O)n1nc(C(=O)OC(C)(C)c2ccccc2)c2ccccc21. The van der Waals surface area contributed by atoms with Gasteiger partial charge in [0.2, 0.25) is 5.91 Å². The Morgan fingerprint density at radius 1 is 1.00 bits per heavy atom. The number of carbonyl (C=O) groups excluding carboxylic acids is 2. The molecule has 0 spiro atoms. The van der Waals surface area contributed by atoms with Crippen LogP contribution in [0.4, 0.5) is 0 Å². The van der Waals surface area contributed by atoms with E-state index in [1.54, 1.807) is 24.3 Å². The van der Waals surface area contributed by atoms with Crippen LogP contribution >= 0.6 is 0 Å². The highest BCUT2D eigenvalue weighted by Gasteiger charge is 2.29. The van der Waals surface area contributed by atoms with Gasteiger partial charge in [0.05, 0.1) is 5.52 Å². The first kappa shape index (κ1) is 15.9. The molecule has 3 rings (SSSR count). The first-order valence-electron chi connectivity index (χ1n) is 7.68. The molecular formula is C19H18N2O3. The second kappa shape index (κ2) is 5.92. The van der Waals surface area contributed by atoms with Crippen LogP contribution < -0.4 is 0 Å². The van der Waals surface area contributed by atoms with Gasteiger partial charge in [-0.25, -0.2) is 4.79 Å². The Kier molecular flexibility index (Phi) is 3.93. The number of hydrogen-bond donors (Lipinski definition) is 0. The molecule has 0 saturated carbocycles. The van der Waals surface area contributed by atoms with Crippen molar-refractivity contribution in [2.24, 2.45) is 0 Å². The summed E-state index contributed by atoms with van der Waals surface area (Å²) in [5.41, 5.74) is 0.812. The van der Waals surface area contributed by atoms with Gasteiger partial charge in [0.15, 0.2) is 5.69 Å². The predicted molar refractivity (Wildman–Crippen MR) is 90.9 cm³/mol. The molecule has 0 unspecified atom stereocenters.